The highest BCUT2D eigenvalue weighted by Gasteiger charge is 2.28. The summed E-state index contributed by atoms with van der Waals surface area (Å²) in [7, 11) is -4.77. The lowest BCUT2D eigenvalue weighted by molar-refractivity contribution is -0.161. The van der Waals surface area contributed by atoms with Gasteiger partial charge < -0.3 is 24.2 Å². The van der Waals surface area contributed by atoms with E-state index in [1.54, 1.807) is 0 Å². The monoisotopic (exact) mass is 1050 g/mol. The fourth-order valence-corrected chi connectivity index (χ4v) is 8.12. The number of ether oxygens (including phenoxy) is 3. The highest BCUT2D eigenvalue weighted by molar-refractivity contribution is 7.47. The lowest BCUT2D eigenvalue weighted by atomic mass is 10.1. The van der Waals surface area contributed by atoms with Crippen LogP contribution in [0.4, 0.5) is 0 Å². The minimum absolute atomic E-state index is 0.118. The van der Waals surface area contributed by atoms with Gasteiger partial charge in [0.25, 0.3) is 0 Å². The normalized spacial score (nSPS) is 14.2. The molecular weight excluding hydrogens is 952 g/mol. The molecule has 0 spiro atoms. The number of esters is 3. The number of phosphoric acid groups is 1. The van der Waals surface area contributed by atoms with Crippen molar-refractivity contribution in [2.45, 2.75) is 238 Å². The minimum Gasteiger partial charge on any atom is -0.462 e. The molecule has 0 fully saturated rings. The number of carbonyl (C=O) groups excluding carboxylic acids is 3. The first kappa shape index (κ1) is 70.1. The van der Waals surface area contributed by atoms with E-state index in [9.17, 15) is 28.9 Å². The van der Waals surface area contributed by atoms with Gasteiger partial charge >= 0.3 is 25.7 Å². The Bertz CT molecular complexity index is 1660. The van der Waals surface area contributed by atoms with Gasteiger partial charge in [0.05, 0.1) is 19.8 Å². The van der Waals surface area contributed by atoms with Crippen LogP contribution in [0.1, 0.15) is 226 Å². The number of rotatable bonds is 52. The summed E-state index contributed by atoms with van der Waals surface area (Å²) >= 11 is 0. The molecule has 0 bridgehead atoms. The standard InChI is InChI=1S/C62H103O11P/c1-4-7-10-13-16-19-22-25-27-28-29-30-32-35-38-41-44-47-50-53-62(66)73-59(55-69-60(64)51-48-45-42-39-36-33-24-21-18-15-12-9-6-3)57-71-74(67,68)70-56-58(54-63)72-61(65)52-49-46-43-40-37-34-31-26-23-20-17-14-11-8-5-2/h8-9,11-12,16-21,25-27,31,33,36-37,40,58-59,63H,4-7,10,13-15,22-24,28-30,32,34-35,38-39,41-57H2,1-3H3,(H,67,68)/b11-8-,12-9-,19-16-,20-17-,21-18-,27-25-,31-26-,36-33-,40-37-. The molecular formula is C62H103O11P. The van der Waals surface area contributed by atoms with Gasteiger partial charge in [0.15, 0.2) is 6.10 Å². The number of hydrogen-bond donors (Lipinski definition) is 2. The van der Waals surface area contributed by atoms with E-state index >= 15 is 0 Å². The van der Waals surface area contributed by atoms with Crippen molar-refractivity contribution < 1.29 is 52.2 Å². The summed E-state index contributed by atoms with van der Waals surface area (Å²) in [5.74, 6) is -1.56. The molecule has 12 heteroatoms. The minimum atomic E-state index is -4.77. The molecule has 11 nitrogen and oxygen atoms in total. The second-order valence-corrected chi connectivity index (χ2v) is 20.1. The van der Waals surface area contributed by atoms with Gasteiger partial charge in [-0.25, -0.2) is 4.57 Å². The van der Waals surface area contributed by atoms with Gasteiger partial charge in [-0.1, -0.05) is 194 Å². The molecule has 422 valence electrons. The third-order valence-electron chi connectivity index (χ3n) is 11.7. The van der Waals surface area contributed by atoms with E-state index in [-0.39, 0.29) is 25.9 Å². The van der Waals surface area contributed by atoms with E-state index in [1.807, 2.05) is 0 Å². The predicted octanol–water partition coefficient (Wildman–Crippen LogP) is 17.0. The molecule has 0 aliphatic carbocycles. The molecule has 0 aliphatic rings. The van der Waals surface area contributed by atoms with Crippen LogP contribution in [-0.2, 0) is 42.2 Å². The number of aliphatic hydroxyl groups excluding tert-OH is 1. The van der Waals surface area contributed by atoms with Crippen molar-refractivity contribution >= 4 is 25.7 Å². The van der Waals surface area contributed by atoms with Gasteiger partial charge in [0, 0.05) is 19.3 Å². The molecule has 0 radical (unpaired) electrons. The van der Waals surface area contributed by atoms with Gasteiger partial charge in [-0.2, -0.15) is 0 Å². The van der Waals surface area contributed by atoms with E-state index in [0.29, 0.717) is 19.3 Å². The summed E-state index contributed by atoms with van der Waals surface area (Å²) in [6, 6.07) is 0. The summed E-state index contributed by atoms with van der Waals surface area (Å²) in [6.07, 6.45) is 66.3. The maximum absolute atomic E-state index is 12.9. The highest BCUT2D eigenvalue weighted by atomic mass is 31.2. The Kier molecular flexibility index (Phi) is 52.5. The third-order valence-corrected chi connectivity index (χ3v) is 12.6. The fourth-order valence-electron chi connectivity index (χ4n) is 7.33. The van der Waals surface area contributed by atoms with E-state index in [2.05, 4.69) is 130 Å². The molecule has 2 N–H and O–H groups in total. The molecule has 0 aliphatic heterocycles. The molecule has 0 heterocycles. The van der Waals surface area contributed by atoms with Crippen LogP contribution < -0.4 is 0 Å². The molecule has 3 atom stereocenters. The lowest BCUT2D eigenvalue weighted by Crippen LogP contribution is -2.30. The van der Waals surface area contributed by atoms with Gasteiger partial charge in [0.2, 0.25) is 0 Å². The van der Waals surface area contributed by atoms with Crippen molar-refractivity contribution in [1.82, 2.24) is 0 Å². The van der Waals surface area contributed by atoms with Crippen molar-refractivity contribution in [2.75, 3.05) is 26.4 Å². The number of phosphoric ester groups is 1. The third kappa shape index (κ3) is 53.0. The molecule has 0 aromatic rings. The SMILES string of the molecule is CC/C=C\C/C=C\C/C=C\C/C=C\CCCCC(=O)OC(CO)COP(=O)(O)OCC(COC(=O)CCCCC/C=C\C/C=C\C/C=C\CC)OC(=O)CCCCCCCCCCC/C=C\C/C=C\CCCCC. The lowest BCUT2D eigenvalue weighted by Gasteiger charge is -2.21. The van der Waals surface area contributed by atoms with Gasteiger partial charge in [-0.3, -0.25) is 23.4 Å². The van der Waals surface area contributed by atoms with Crippen molar-refractivity contribution in [3.05, 3.63) is 109 Å². The average Bonchev–Trinajstić information content (AvgIpc) is 3.39. The van der Waals surface area contributed by atoms with Crippen molar-refractivity contribution in [1.29, 1.82) is 0 Å². The Hall–Kier alpha value is -3.86. The van der Waals surface area contributed by atoms with Crippen LogP contribution in [0.2, 0.25) is 0 Å². The molecule has 0 aromatic heterocycles. The second-order valence-electron chi connectivity index (χ2n) is 18.7. The number of hydrogen-bond acceptors (Lipinski definition) is 10. The van der Waals surface area contributed by atoms with Crippen LogP contribution in [0.15, 0.2) is 109 Å². The summed E-state index contributed by atoms with van der Waals surface area (Å²) in [5.41, 5.74) is 0. The predicted molar refractivity (Wildman–Crippen MR) is 307 cm³/mol. The summed E-state index contributed by atoms with van der Waals surface area (Å²) in [5, 5.41) is 9.80. The number of aliphatic hydroxyl groups is 1. The van der Waals surface area contributed by atoms with Crippen LogP contribution in [0.5, 0.6) is 0 Å². The van der Waals surface area contributed by atoms with Crippen molar-refractivity contribution in [3.8, 4) is 0 Å². The Labute approximate surface area is 450 Å². The number of unbranched alkanes of at least 4 members (excludes halogenated alkanes) is 17. The van der Waals surface area contributed by atoms with Gasteiger partial charge in [-0.05, 0) is 122 Å². The van der Waals surface area contributed by atoms with E-state index < -0.39 is 57.8 Å². The van der Waals surface area contributed by atoms with Gasteiger partial charge in [-0.15, -0.1) is 0 Å². The van der Waals surface area contributed by atoms with Crippen molar-refractivity contribution in [2.24, 2.45) is 0 Å². The summed E-state index contributed by atoms with van der Waals surface area (Å²) in [4.78, 5) is 48.5. The molecule has 0 aromatic carbocycles. The first-order valence-corrected chi connectivity index (χ1v) is 30.3. The first-order chi connectivity index (χ1) is 36.2. The topological polar surface area (TPSA) is 155 Å². The highest BCUT2D eigenvalue weighted by Crippen LogP contribution is 2.43. The van der Waals surface area contributed by atoms with E-state index in [1.165, 1.54) is 57.8 Å². The van der Waals surface area contributed by atoms with Crippen LogP contribution in [0.25, 0.3) is 0 Å². The smallest absolute Gasteiger partial charge is 0.462 e. The largest absolute Gasteiger partial charge is 0.472 e. The van der Waals surface area contributed by atoms with Crippen LogP contribution in [-0.4, -0.2) is 66.5 Å². The van der Waals surface area contributed by atoms with E-state index in [0.717, 1.165) is 109 Å². The first-order valence-electron chi connectivity index (χ1n) is 28.8. The molecule has 3 unspecified atom stereocenters. The van der Waals surface area contributed by atoms with Crippen molar-refractivity contribution in [3.63, 3.8) is 0 Å². The molecule has 74 heavy (non-hydrogen) atoms. The Morgan fingerprint density at radius 3 is 1.12 bits per heavy atom. The fraction of sp³-hybridized carbons (Fsp3) is 0.661. The maximum atomic E-state index is 12.9. The zero-order valence-electron chi connectivity index (χ0n) is 46.5. The summed E-state index contributed by atoms with van der Waals surface area (Å²) in [6.45, 7) is 4.30. The Morgan fingerprint density at radius 2 is 0.703 bits per heavy atom. The number of allylic oxidation sites excluding steroid dienone is 18. The molecule has 0 saturated carbocycles. The quantitative estimate of drug-likeness (QED) is 0.0197. The van der Waals surface area contributed by atoms with Crippen LogP contribution in [0, 0.1) is 0 Å². The molecule has 0 amide bonds. The van der Waals surface area contributed by atoms with Crippen LogP contribution in [0.3, 0.4) is 0 Å². The molecule has 0 saturated heterocycles. The maximum Gasteiger partial charge on any atom is 0.472 e. The summed E-state index contributed by atoms with van der Waals surface area (Å²) < 4.78 is 39.4. The van der Waals surface area contributed by atoms with Gasteiger partial charge in [0.1, 0.15) is 12.7 Å². The average molecular weight is 1060 g/mol. The second kappa shape index (κ2) is 55.4. The van der Waals surface area contributed by atoms with E-state index in [4.69, 9.17) is 23.3 Å². The number of carbonyl (C=O) groups is 3. The zero-order valence-corrected chi connectivity index (χ0v) is 47.4. The Balaban J connectivity index is 4.79. The Morgan fingerprint density at radius 1 is 0.392 bits per heavy atom. The molecule has 0 rings (SSSR count). The zero-order chi connectivity index (χ0) is 54.1. The van der Waals surface area contributed by atoms with Crippen LogP contribution >= 0.6 is 7.82 Å².